The minimum Gasteiger partial charge on any atom is -0.348 e. The molecule has 0 fully saturated rings. The molecule has 0 aliphatic carbocycles. The highest BCUT2D eigenvalue weighted by Crippen LogP contribution is 2.08. The smallest absolute Gasteiger partial charge is 0.260 e. The zero-order valence-corrected chi connectivity index (χ0v) is 7.91. The van der Waals surface area contributed by atoms with Crippen LogP contribution in [0.1, 0.15) is 0 Å². The van der Waals surface area contributed by atoms with Gasteiger partial charge in [0.2, 0.25) is 0 Å². The second-order valence-electron chi connectivity index (χ2n) is 3.07. The average Bonchev–Trinajstić information content (AvgIpc) is 2.66. The molecular weight excluding hydrogens is 192 g/mol. The van der Waals surface area contributed by atoms with E-state index in [1.165, 1.54) is 0 Å². The van der Waals surface area contributed by atoms with Crippen molar-refractivity contribution in [3.8, 4) is 0 Å². The SMILES string of the molecule is O=C1NCC=C1C(=O)Nc1c[c]ccc1. The summed E-state index contributed by atoms with van der Waals surface area (Å²) in [4.78, 5) is 22.7. The number of amides is 2. The third kappa shape index (κ3) is 2.04. The van der Waals surface area contributed by atoms with Crippen LogP contribution in [0.2, 0.25) is 0 Å². The number of anilines is 1. The van der Waals surface area contributed by atoms with Crippen molar-refractivity contribution in [2.24, 2.45) is 0 Å². The van der Waals surface area contributed by atoms with Gasteiger partial charge in [-0.2, -0.15) is 0 Å². The van der Waals surface area contributed by atoms with Crippen molar-refractivity contribution in [1.82, 2.24) is 5.32 Å². The molecule has 0 unspecified atom stereocenters. The number of hydrogen-bond donors (Lipinski definition) is 2. The van der Waals surface area contributed by atoms with E-state index in [2.05, 4.69) is 16.7 Å². The van der Waals surface area contributed by atoms with Crippen LogP contribution in [0.3, 0.4) is 0 Å². The van der Waals surface area contributed by atoms with Gasteiger partial charge in [-0.1, -0.05) is 12.1 Å². The van der Waals surface area contributed by atoms with Crippen molar-refractivity contribution < 1.29 is 9.59 Å². The summed E-state index contributed by atoms with van der Waals surface area (Å²) in [7, 11) is 0. The van der Waals surface area contributed by atoms with E-state index in [9.17, 15) is 9.59 Å². The van der Waals surface area contributed by atoms with Crippen LogP contribution in [0.5, 0.6) is 0 Å². The first-order valence-corrected chi connectivity index (χ1v) is 4.53. The van der Waals surface area contributed by atoms with E-state index in [0.717, 1.165) is 0 Å². The minimum absolute atomic E-state index is 0.166. The van der Waals surface area contributed by atoms with Crippen LogP contribution in [-0.4, -0.2) is 18.4 Å². The van der Waals surface area contributed by atoms with Gasteiger partial charge in [0, 0.05) is 12.2 Å². The summed E-state index contributed by atoms with van der Waals surface area (Å²) < 4.78 is 0. The second-order valence-corrected chi connectivity index (χ2v) is 3.07. The fourth-order valence-electron chi connectivity index (χ4n) is 1.30. The summed E-state index contributed by atoms with van der Waals surface area (Å²) in [6, 6.07) is 9.71. The molecule has 1 radical (unpaired) electrons. The van der Waals surface area contributed by atoms with Gasteiger partial charge in [-0.15, -0.1) is 0 Å². The molecule has 2 N–H and O–H groups in total. The van der Waals surface area contributed by atoms with E-state index in [1.54, 1.807) is 30.3 Å². The zero-order valence-electron chi connectivity index (χ0n) is 7.91. The first-order valence-electron chi connectivity index (χ1n) is 4.53. The Hall–Kier alpha value is -2.10. The summed E-state index contributed by atoms with van der Waals surface area (Å²) in [6.07, 6.45) is 1.57. The second kappa shape index (κ2) is 3.96. The monoisotopic (exact) mass is 201 g/mol. The van der Waals surface area contributed by atoms with E-state index < -0.39 is 0 Å². The van der Waals surface area contributed by atoms with E-state index >= 15 is 0 Å². The number of nitrogens with one attached hydrogen (secondary N) is 2. The van der Waals surface area contributed by atoms with Gasteiger partial charge in [-0.25, -0.2) is 0 Å². The highest BCUT2D eigenvalue weighted by atomic mass is 16.2. The normalized spacial score (nSPS) is 14.4. The lowest BCUT2D eigenvalue weighted by molar-refractivity contribution is -0.120. The van der Waals surface area contributed by atoms with Gasteiger partial charge >= 0.3 is 0 Å². The molecular formula is C11H9N2O2. The number of carbonyl (C=O) groups excluding carboxylic acids is 2. The van der Waals surface area contributed by atoms with E-state index in [4.69, 9.17) is 0 Å². The molecule has 75 valence electrons. The molecule has 0 aromatic heterocycles. The molecule has 1 aliphatic heterocycles. The Bertz CT molecular complexity index is 423. The van der Waals surface area contributed by atoms with Crippen molar-refractivity contribution in [2.45, 2.75) is 0 Å². The fourth-order valence-corrected chi connectivity index (χ4v) is 1.30. The first-order chi connectivity index (χ1) is 7.27. The van der Waals surface area contributed by atoms with Gasteiger partial charge in [0.1, 0.15) is 5.57 Å². The molecule has 1 aromatic carbocycles. The highest BCUT2D eigenvalue weighted by molar-refractivity contribution is 6.23. The molecule has 4 heteroatoms. The standard InChI is InChI=1S/C11H9N2O2/c14-10-9(6-7-12-10)11(15)13-8-4-2-1-3-5-8/h1-2,4-6H,7H2,(H,12,14)(H,13,15). The summed E-state index contributed by atoms with van der Waals surface area (Å²) >= 11 is 0. The van der Waals surface area contributed by atoms with Crippen LogP contribution in [0.25, 0.3) is 0 Å². The van der Waals surface area contributed by atoms with Gasteiger partial charge in [0.15, 0.2) is 0 Å². The molecule has 4 nitrogen and oxygen atoms in total. The molecule has 0 atom stereocenters. The van der Waals surface area contributed by atoms with Crippen LogP contribution in [0.4, 0.5) is 5.69 Å². The lowest BCUT2D eigenvalue weighted by Gasteiger charge is -2.03. The maximum atomic E-state index is 11.6. The van der Waals surface area contributed by atoms with Gasteiger partial charge < -0.3 is 10.6 Å². The molecule has 2 amide bonds. The highest BCUT2D eigenvalue weighted by Gasteiger charge is 2.21. The number of hydrogen-bond acceptors (Lipinski definition) is 2. The van der Waals surface area contributed by atoms with Crippen LogP contribution < -0.4 is 10.6 Å². The third-order valence-corrected chi connectivity index (χ3v) is 2.02. The Labute approximate surface area is 87.0 Å². The van der Waals surface area contributed by atoms with Gasteiger partial charge in [0.05, 0.1) is 0 Å². The molecule has 0 spiro atoms. The average molecular weight is 201 g/mol. The van der Waals surface area contributed by atoms with E-state index in [0.29, 0.717) is 12.2 Å². The van der Waals surface area contributed by atoms with E-state index in [1.807, 2.05) is 0 Å². The number of rotatable bonds is 2. The molecule has 15 heavy (non-hydrogen) atoms. The Morgan fingerprint density at radius 1 is 1.53 bits per heavy atom. The van der Waals surface area contributed by atoms with Crippen molar-refractivity contribution in [3.05, 3.63) is 42.0 Å². The minimum atomic E-state index is -0.385. The maximum Gasteiger partial charge on any atom is 0.260 e. The topological polar surface area (TPSA) is 58.2 Å². The maximum absolute atomic E-state index is 11.6. The summed E-state index contributed by atoms with van der Waals surface area (Å²) in [5, 5.41) is 5.15. The Kier molecular flexibility index (Phi) is 2.49. The van der Waals surface area contributed by atoms with Crippen LogP contribution in [-0.2, 0) is 9.59 Å². The Morgan fingerprint density at radius 2 is 2.40 bits per heavy atom. The van der Waals surface area contributed by atoms with Crippen LogP contribution in [0, 0.1) is 6.07 Å². The van der Waals surface area contributed by atoms with Crippen molar-refractivity contribution in [3.63, 3.8) is 0 Å². The molecule has 0 saturated heterocycles. The summed E-state index contributed by atoms with van der Waals surface area (Å²) in [5.41, 5.74) is 0.793. The fraction of sp³-hybridized carbons (Fsp3) is 0.0909. The Balaban J connectivity index is 2.08. The summed E-state index contributed by atoms with van der Waals surface area (Å²) in [5.74, 6) is -0.711. The van der Waals surface area contributed by atoms with Gasteiger partial charge in [0.25, 0.3) is 11.8 Å². The molecule has 1 heterocycles. The predicted molar refractivity (Wildman–Crippen MR) is 55.0 cm³/mol. The third-order valence-electron chi connectivity index (χ3n) is 2.02. The molecule has 1 aromatic rings. The Morgan fingerprint density at radius 3 is 3.00 bits per heavy atom. The van der Waals surface area contributed by atoms with Gasteiger partial charge in [-0.3, -0.25) is 9.59 Å². The quantitative estimate of drug-likeness (QED) is 0.684. The largest absolute Gasteiger partial charge is 0.348 e. The van der Waals surface area contributed by atoms with Crippen LogP contribution in [0.15, 0.2) is 35.9 Å². The van der Waals surface area contributed by atoms with Gasteiger partial charge in [-0.05, 0) is 24.3 Å². The zero-order chi connectivity index (χ0) is 10.7. The van der Waals surface area contributed by atoms with Crippen molar-refractivity contribution in [1.29, 1.82) is 0 Å². The lowest BCUT2D eigenvalue weighted by atomic mass is 10.2. The number of benzene rings is 1. The molecule has 2 rings (SSSR count). The summed E-state index contributed by atoms with van der Waals surface area (Å²) in [6.45, 7) is 0.419. The lowest BCUT2D eigenvalue weighted by Crippen LogP contribution is -2.24. The van der Waals surface area contributed by atoms with Crippen molar-refractivity contribution in [2.75, 3.05) is 11.9 Å². The molecule has 0 bridgehead atoms. The van der Waals surface area contributed by atoms with E-state index in [-0.39, 0.29) is 17.4 Å². The predicted octanol–water partition coefficient (Wildman–Crippen LogP) is 0.481. The first kappa shape index (κ1) is 9.45. The van der Waals surface area contributed by atoms with Crippen LogP contribution >= 0.6 is 0 Å². The number of carbonyl (C=O) groups is 2. The molecule has 1 aliphatic rings. The van der Waals surface area contributed by atoms with Crippen molar-refractivity contribution >= 4 is 17.5 Å². The molecule has 0 saturated carbocycles.